The van der Waals surface area contributed by atoms with Gasteiger partial charge in [0.05, 0.1) is 15.9 Å². The molecule has 0 saturated carbocycles. The topological polar surface area (TPSA) is 152 Å². The summed E-state index contributed by atoms with van der Waals surface area (Å²) in [5, 5.41) is 0. The van der Waals surface area contributed by atoms with Crippen LogP contribution in [0.4, 0.5) is 4.39 Å². The number of hydrogen-bond acceptors (Lipinski definition) is 7. The molecular weight excluding hydrogens is 487 g/mol. The van der Waals surface area contributed by atoms with Crippen LogP contribution < -0.4 is 10.5 Å². The number of H-pyrrole nitrogens is 1. The summed E-state index contributed by atoms with van der Waals surface area (Å²) in [6.45, 7) is 1.13. The first kappa shape index (κ1) is 25.0. The average Bonchev–Trinajstić information content (AvgIpc) is 3.27. The van der Waals surface area contributed by atoms with Gasteiger partial charge in [0.2, 0.25) is 10.0 Å². The van der Waals surface area contributed by atoms with Crippen molar-refractivity contribution in [2.45, 2.75) is 23.9 Å². The lowest BCUT2D eigenvalue weighted by Crippen LogP contribution is -2.46. The zero-order valence-corrected chi connectivity index (χ0v) is 19.8. The van der Waals surface area contributed by atoms with Gasteiger partial charge >= 0.3 is 0 Å². The molecule has 0 bridgehead atoms. The number of fused-ring (bicyclic) bond motifs is 1. The minimum absolute atomic E-state index is 0.0282. The highest BCUT2D eigenvalue weighted by molar-refractivity contribution is 7.89. The molecule has 0 aliphatic heterocycles. The van der Waals surface area contributed by atoms with Crippen LogP contribution in [0.1, 0.15) is 39.4 Å². The third-order valence-corrected chi connectivity index (χ3v) is 6.90. The molecule has 3 aromatic carbocycles. The molecule has 2 atom stereocenters. The van der Waals surface area contributed by atoms with E-state index in [-0.39, 0.29) is 21.8 Å². The molecule has 4 aromatic rings. The standard InChI is InChI=1S/C25H21FN4O5S/c1-14(31)24(27)30-36(34,35)18-9-5-7-16(13-18)23(33)21(22(32)15-6-4-8-17(26)12-15)25-28-19-10-2-3-11-20(19)29-25/h2-13,21,24,30H,27H2,1H3,(H,28,29). The molecule has 11 heteroatoms. The van der Waals surface area contributed by atoms with Crippen molar-refractivity contribution in [1.29, 1.82) is 0 Å². The molecule has 0 amide bonds. The molecule has 1 heterocycles. The molecule has 0 aliphatic rings. The largest absolute Gasteiger partial charge is 0.341 e. The highest BCUT2D eigenvalue weighted by Gasteiger charge is 2.34. The molecule has 9 nitrogen and oxygen atoms in total. The number of aromatic amines is 1. The first-order chi connectivity index (χ1) is 17.1. The molecule has 0 saturated heterocycles. The van der Waals surface area contributed by atoms with Crippen molar-refractivity contribution in [3.05, 3.63) is 95.6 Å². The maximum Gasteiger partial charge on any atom is 0.242 e. The normalized spacial score (nSPS) is 13.3. The summed E-state index contributed by atoms with van der Waals surface area (Å²) in [6, 6.07) is 16.8. The lowest BCUT2D eigenvalue weighted by atomic mass is 9.89. The summed E-state index contributed by atoms with van der Waals surface area (Å²) in [5.74, 6) is -4.21. The van der Waals surface area contributed by atoms with Crippen molar-refractivity contribution in [2.75, 3.05) is 0 Å². The number of Topliss-reactive ketones (excluding diaryl/α,β-unsaturated/α-hetero) is 3. The van der Waals surface area contributed by atoms with E-state index in [9.17, 15) is 27.2 Å². The number of carbonyl (C=O) groups is 3. The van der Waals surface area contributed by atoms with Crippen LogP contribution in [0.25, 0.3) is 11.0 Å². The summed E-state index contributed by atoms with van der Waals surface area (Å²) in [6.07, 6.45) is -1.47. The number of sulfonamides is 1. The predicted octanol–water partition coefficient (Wildman–Crippen LogP) is 2.70. The Hall–Kier alpha value is -4.06. The first-order valence-electron chi connectivity index (χ1n) is 10.7. The maximum atomic E-state index is 13.9. The lowest BCUT2D eigenvalue weighted by Gasteiger charge is -2.15. The minimum Gasteiger partial charge on any atom is -0.341 e. The summed E-state index contributed by atoms with van der Waals surface area (Å²) in [5.41, 5.74) is 6.45. The number of nitrogens with one attached hydrogen (secondary N) is 2. The van der Waals surface area contributed by atoms with Gasteiger partial charge in [-0.1, -0.05) is 36.4 Å². The fourth-order valence-electron chi connectivity index (χ4n) is 3.59. The van der Waals surface area contributed by atoms with Crippen LogP contribution >= 0.6 is 0 Å². The number of ketones is 3. The van der Waals surface area contributed by atoms with Gasteiger partial charge in [-0.15, -0.1) is 0 Å². The van der Waals surface area contributed by atoms with Gasteiger partial charge in [0.15, 0.2) is 17.3 Å². The summed E-state index contributed by atoms with van der Waals surface area (Å²) in [4.78, 5) is 45.5. The Labute approximate surface area is 205 Å². The highest BCUT2D eigenvalue weighted by atomic mass is 32.2. The number of imidazole rings is 1. The third kappa shape index (κ3) is 5.13. The smallest absolute Gasteiger partial charge is 0.242 e. The van der Waals surface area contributed by atoms with E-state index in [0.29, 0.717) is 11.0 Å². The zero-order valence-electron chi connectivity index (χ0n) is 18.9. The zero-order chi connectivity index (χ0) is 26.0. The quantitative estimate of drug-likeness (QED) is 0.179. The SMILES string of the molecule is CC(=O)C(N)NS(=O)(=O)c1cccc(C(=O)C(C(=O)c2cccc(F)c2)c2nc3ccccc3[nH]2)c1. The van der Waals surface area contributed by atoms with Crippen LogP contribution in [0, 0.1) is 5.82 Å². The van der Waals surface area contributed by atoms with Gasteiger partial charge in [0, 0.05) is 11.1 Å². The predicted molar refractivity (Wildman–Crippen MR) is 129 cm³/mol. The summed E-state index contributed by atoms with van der Waals surface area (Å²) >= 11 is 0. The Kier molecular flexibility index (Phi) is 6.88. The number of carbonyl (C=O) groups excluding carboxylic acids is 3. The molecule has 0 aliphatic carbocycles. The van der Waals surface area contributed by atoms with E-state index in [4.69, 9.17) is 5.73 Å². The molecule has 0 fully saturated rings. The van der Waals surface area contributed by atoms with E-state index < -0.39 is 45.3 Å². The van der Waals surface area contributed by atoms with Crippen molar-refractivity contribution in [2.24, 2.45) is 5.73 Å². The van der Waals surface area contributed by atoms with Gasteiger partial charge in [0.25, 0.3) is 0 Å². The van der Waals surface area contributed by atoms with Crippen molar-refractivity contribution in [1.82, 2.24) is 14.7 Å². The van der Waals surface area contributed by atoms with Gasteiger partial charge in [-0.3, -0.25) is 14.4 Å². The molecule has 36 heavy (non-hydrogen) atoms. The fourth-order valence-corrected chi connectivity index (χ4v) is 4.76. The van der Waals surface area contributed by atoms with Crippen molar-refractivity contribution < 1.29 is 27.2 Å². The van der Waals surface area contributed by atoms with Crippen molar-refractivity contribution >= 4 is 38.4 Å². The second kappa shape index (κ2) is 9.90. The monoisotopic (exact) mass is 508 g/mol. The second-order valence-electron chi connectivity index (χ2n) is 8.05. The summed E-state index contributed by atoms with van der Waals surface area (Å²) < 4.78 is 41.3. The van der Waals surface area contributed by atoms with Crippen LogP contribution in [0.2, 0.25) is 0 Å². The van der Waals surface area contributed by atoms with Gasteiger partial charge < -0.3 is 10.7 Å². The van der Waals surface area contributed by atoms with E-state index in [2.05, 4.69) is 9.97 Å². The second-order valence-corrected chi connectivity index (χ2v) is 9.76. The van der Waals surface area contributed by atoms with Crippen LogP contribution in [-0.4, -0.2) is 41.9 Å². The van der Waals surface area contributed by atoms with Crippen molar-refractivity contribution in [3.63, 3.8) is 0 Å². The molecule has 1 aromatic heterocycles. The molecule has 0 radical (unpaired) electrons. The van der Waals surface area contributed by atoms with E-state index in [1.54, 1.807) is 24.3 Å². The van der Waals surface area contributed by atoms with Gasteiger partial charge in [0.1, 0.15) is 23.7 Å². The molecule has 4 rings (SSSR count). The highest BCUT2D eigenvalue weighted by Crippen LogP contribution is 2.27. The Morgan fingerprint density at radius 3 is 2.22 bits per heavy atom. The van der Waals surface area contributed by atoms with Crippen LogP contribution in [-0.2, 0) is 14.8 Å². The number of nitrogens with two attached hydrogens (primary N) is 1. The Bertz CT molecular complexity index is 1570. The van der Waals surface area contributed by atoms with E-state index >= 15 is 0 Å². The fraction of sp³-hybridized carbons (Fsp3) is 0.120. The third-order valence-electron chi connectivity index (χ3n) is 5.46. The van der Waals surface area contributed by atoms with E-state index in [0.717, 1.165) is 19.1 Å². The van der Waals surface area contributed by atoms with Gasteiger partial charge in [-0.25, -0.2) is 17.8 Å². The minimum atomic E-state index is -4.26. The molecule has 184 valence electrons. The van der Waals surface area contributed by atoms with Crippen molar-refractivity contribution in [3.8, 4) is 0 Å². The van der Waals surface area contributed by atoms with Crippen LogP contribution in [0.15, 0.2) is 77.7 Å². The summed E-state index contributed by atoms with van der Waals surface area (Å²) in [7, 11) is -4.26. The molecule has 2 unspecified atom stereocenters. The van der Waals surface area contributed by atoms with E-state index in [1.165, 1.54) is 36.4 Å². The number of nitrogens with zero attached hydrogens (tertiary/aromatic N) is 1. The number of para-hydroxylation sites is 2. The van der Waals surface area contributed by atoms with Gasteiger partial charge in [-0.05, 0) is 43.3 Å². The van der Waals surface area contributed by atoms with Crippen LogP contribution in [0.3, 0.4) is 0 Å². The van der Waals surface area contributed by atoms with E-state index in [1.807, 2.05) is 4.72 Å². The lowest BCUT2D eigenvalue weighted by molar-refractivity contribution is -0.118. The number of halogens is 1. The van der Waals surface area contributed by atoms with Gasteiger partial charge in [-0.2, -0.15) is 4.72 Å². The Morgan fingerprint density at radius 2 is 1.58 bits per heavy atom. The number of benzene rings is 3. The first-order valence-corrected chi connectivity index (χ1v) is 12.2. The number of hydrogen-bond donors (Lipinski definition) is 3. The molecule has 0 spiro atoms. The Balaban J connectivity index is 1.78. The number of rotatable bonds is 9. The maximum absolute atomic E-state index is 13.9. The Morgan fingerprint density at radius 1 is 0.944 bits per heavy atom. The van der Waals surface area contributed by atoms with Crippen LogP contribution in [0.5, 0.6) is 0 Å². The molecule has 4 N–H and O–H groups in total. The number of aromatic nitrogens is 2. The molecular formula is C25H21FN4O5S. The average molecular weight is 509 g/mol.